The van der Waals surface area contributed by atoms with Crippen molar-refractivity contribution >= 4 is 11.3 Å². The van der Waals surface area contributed by atoms with Crippen LogP contribution in [-0.4, -0.2) is 32.6 Å². The SMILES string of the molecule is Nc1ccc2nc(CN3CCCCCC3)nn2c1. The molecule has 1 aliphatic rings. The molecule has 2 aromatic rings. The topological polar surface area (TPSA) is 59.5 Å². The van der Waals surface area contributed by atoms with Crippen LogP contribution in [0.2, 0.25) is 0 Å². The van der Waals surface area contributed by atoms with Gasteiger partial charge in [0.2, 0.25) is 0 Å². The zero-order valence-corrected chi connectivity index (χ0v) is 10.5. The number of hydrogen-bond donors (Lipinski definition) is 1. The standard InChI is InChI=1S/C13H19N5/c14-11-5-6-13-15-12(16-18(13)9-11)10-17-7-3-1-2-4-8-17/h5-6,9H,1-4,7-8,10,14H2. The first-order chi connectivity index (χ1) is 8.81. The van der Waals surface area contributed by atoms with Crippen LogP contribution < -0.4 is 5.73 Å². The second kappa shape index (κ2) is 4.94. The molecule has 0 saturated carbocycles. The van der Waals surface area contributed by atoms with Crippen LogP contribution in [0.1, 0.15) is 31.5 Å². The lowest BCUT2D eigenvalue weighted by Gasteiger charge is -2.17. The molecule has 3 heterocycles. The molecule has 0 bridgehead atoms. The summed E-state index contributed by atoms with van der Waals surface area (Å²) in [5.74, 6) is 0.891. The van der Waals surface area contributed by atoms with Crippen LogP contribution in [-0.2, 0) is 6.54 Å². The van der Waals surface area contributed by atoms with Crippen LogP contribution in [0, 0.1) is 0 Å². The van der Waals surface area contributed by atoms with Gasteiger partial charge in [-0.05, 0) is 38.1 Å². The van der Waals surface area contributed by atoms with Crippen LogP contribution in [0.4, 0.5) is 5.69 Å². The van der Waals surface area contributed by atoms with Gasteiger partial charge in [0.05, 0.1) is 18.4 Å². The van der Waals surface area contributed by atoms with Gasteiger partial charge in [-0.3, -0.25) is 4.90 Å². The average Bonchev–Trinajstić information content (AvgIpc) is 2.57. The predicted octanol–water partition coefficient (Wildman–Crippen LogP) is 1.69. The lowest BCUT2D eigenvalue weighted by molar-refractivity contribution is 0.270. The maximum atomic E-state index is 5.74. The Balaban J connectivity index is 1.77. The zero-order chi connectivity index (χ0) is 12.4. The number of likely N-dealkylation sites (tertiary alicyclic amines) is 1. The first-order valence-corrected chi connectivity index (χ1v) is 6.64. The third kappa shape index (κ3) is 2.46. The van der Waals surface area contributed by atoms with Gasteiger partial charge in [-0.2, -0.15) is 0 Å². The van der Waals surface area contributed by atoms with Gasteiger partial charge < -0.3 is 5.73 Å². The minimum absolute atomic E-state index is 0.716. The molecule has 5 heteroatoms. The van der Waals surface area contributed by atoms with Crippen molar-refractivity contribution in [3.05, 3.63) is 24.2 Å². The van der Waals surface area contributed by atoms with E-state index in [0.29, 0.717) is 5.69 Å². The fraction of sp³-hybridized carbons (Fsp3) is 0.538. The maximum absolute atomic E-state index is 5.74. The smallest absolute Gasteiger partial charge is 0.165 e. The normalized spacial score (nSPS) is 18.0. The van der Waals surface area contributed by atoms with Gasteiger partial charge in [0, 0.05) is 0 Å². The van der Waals surface area contributed by atoms with Crippen LogP contribution in [0.5, 0.6) is 0 Å². The van der Waals surface area contributed by atoms with Crippen molar-refractivity contribution in [1.82, 2.24) is 19.5 Å². The second-order valence-corrected chi connectivity index (χ2v) is 4.98. The largest absolute Gasteiger partial charge is 0.397 e. The molecule has 0 amide bonds. The predicted molar refractivity (Wildman–Crippen MR) is 71.1 cm³/mol. The number of anilines is 1. The number of hydrogen-bond acceptors (Lipinski definition) is 4. The van der Waals surface area contributed by atoms with E-state index in [1.807, 2.05) is 18.3 Å². The summed E-state index contributed by atoms with van der Waals surface area (Å²) in [5.41, 5.74) is 7.32. The van der Waals surface area contributed by atoms with Crippen LogP contribution in [0.25, 0.3) is 5.65 Å². The quantitative estimate of drug-likeness (QED) is 0.874. The van der Waals surface area contributed by atoms with Crippen molar-refractivity contribution in [2.24, 2.45) is 0 Å². The van der Waals surface area contributed by atoms with E-state index in [9.17, 15) is 0 Å². The lowest BCUT2D eigenvalue weighted by Crippen LogP contribution is -2.24. The molecular formula is C13H19N5. The average molecular weight is 245 g/mol. The fourth-order valence-corrected chi connectivity index (χ4v) is 2.51. The Morgan fingerprint density at radius 1 is 1.11 bits per heavy atom. The molecule has 18 heavy (non-hydrogen) atoms. The number of nitrogens with two attached hydrogens (primary N) is 1. The molecule has 0 unspecified atom stereocenters. The summed E-state index contributed by atoms with van der Waals surface area (Å²) in [7, 11) is 0. The summed E-state index contributed by atoms with van der Waals surface area (Å²) in [4.78, 5) is 6.98. The van der Waals surface area contributed by atoms with Gasteiger partial charge in [-0.1, -0.05) is 12.8 Å². The minimum Gasteiger partial charge on any atom is -0.397 e. The van der Waals surface area contributed by atoms with Gasteiger partial charge in [0.1, 0.15) is 0 Å². The fourth-order valence-electron chi connectivity index (χ4n) is 2.51. The Labute approximate surface area is 107 Å². The molecule has 0 spiro atoms. The molecule has 2 aromatic heterocycles. The van der Waals surface area contributed by atoms with Gasteiger partial charge in [0.25, 0.3) is 0 Å². The molecule has 2 N–H and O–H groups in total. The van der Waals surface area contributed by atoms with Crippen molar-refractivity contribution in [2.75, 3.05) is 18.8 Å². The number of nitrogen functional groups attached to an aromatic ring is 1. The summed E-state index contributed by atoms with van der Waals surface area (Å²) >= 11 is 0. The third-order valence-electron chi connectivity index (χ3n) is 3.46. The monoisotopic (exact) mass is 245 g/mol. The van der Waals surface area contributed by atoms with Crippen molar-refractivity contribution in [3.8, 4) is 0 Å². The highest BCUT2D eigenvalue weighted by Crippen LogP contribution is 2.12. The molecule has 1 aliphatic heterocycles. The molecule has 0 aromatic carbocycles. The number of rotatable bonds is 2. The Kier molecular flexibility index (Phi) is 3.15. The Bertz CT molecular complexity index is 525. The van der Waals surface area contributed by atoms with Crippen LogP contribution >= 0.6 is 0 Å². The van der Waals surface area contributed by atoms with E-state index < -0.39 is 0 Å². The van der Waals surface area contributed by atoms with E-state index in [4.69, 9.17) is 5.73 Å². The van der Waals surface area contributed by atoms with Gasteiger partial charge in [-0.25, -0.2) is 9.50 Å². The first-order valence-electron chi connectivity index (χ1n) is 6.64. The molecular weight excluding hydrogens is 226 g/mol. The Morgan fingerprint density at radius 3 is 2.67 bits per heavy atom. The van der Waals surface area contributed by atoms with E-state index in [-0.39, 0.29) is 0 Å². The summed E-state index contributed by atoms with van der Waals surface area (Å²) < 4.78 is 1.77. The summed E-state index contributed by atoms with van der Waals surface area (Å²) in [6, 6.07) is 3.77. The third-order valence-corrected chi connectivity index (χ3v) is 3.46. The van der Waals surface area contributed by atoms with Crippen molar-refractivity contribution < 1.29 is 0 Å². The van der Waals surface area contributed by atoms with Crippen LogP contribution in [0.15, 0.2) is 18.3 Å². The maximum Gasteiger partial charge on any atom is 0.165 e. The van der Waals surface area contributed by atoms with Crippen molar-refractivity contribution in [1.29, 1.82) is 0 Å². The Hall–Kier alpha value is -1.62. The molecule has 0 atom stereocenters. The number of pyridine rings is 1. The molecule has 0 aliphatic carbocycles. The molecule has 1 saturated heterocycles. The molecule has 96 valence electrons. The van der Waals surface area contributed by atoms with Crippen molar-refractivity contribution in [2.45, 2.75) is 32.2 Å². The minimum atomic E-state index is 0.716. The van der Waals surface area contributed by atoms with E-state index in [0.717, 1.165) is 31.1 Å². The molecule has 3 rings (SSSR count). The summed E-state index contributed by atoms with van der Waals surface area (Å²) in [5, 5.41) is 4.48. The number of nitrogens with zero attached hydrogens (tertiary/aromatic N) is 4. The highest BCUT2D eigenvalue weighted by atomic mass is 15.3. The highest BCUT2D eigenvalue weighted by molar-refractivity contribution is 5.46. The van der Waals surface area contributed by atoms with Crippen LogP contribution in [0.3, 0.4) is 0 Å². The number of fused-ring (bicyclic) bond motifs is 1. The highest BCUT2D eigenvalue weighted by Gasteiger charge is 2.12. The Morgan fingerprint density at radius 2 is 1.89 bits per heavy atom. The van der Waals surface area contributed by atoms with E-state index in [1.165, 1.54) is 25.7 Å². The number of aromatic nitrogens is 3. The van der Waals surface area contributed by atoms with Gasteiger partial charge in [0.15, 0.2) is 11.5 Å². The van der Waals surface area contributed by atoms with E-state index >= 15 is 0 Å². The first kappa shape index (κ1) is 11.5. The van der Waals surface area contributed by atoms with Gasteiger partial charge in [-0.15, -0.1) is 5.10 Å². The van der Waals surface area contributed by atoms with Crippen molar-refractivity contribution in [3.63, 3.8) is 0 Å². The van der Waals surface area contributed by atoms with Gasteiger partial charge >= 0.3 is 0 Å². The zero-order valence-electron chi connectivity index (χ0n) is 10.5. The summed E-state index contributed by atoms with van der Waals surface area (Å²) in [6.07, 6.45) is 7.10. The summed E-state index contributed by atoms with van der Waals surface area (Å²) in [6.45, 7) is 3.18. The van der Waals surface area contributed by atoms with E-state index in [2.05, 4.69) is 15.0 Å². The lowest BCUT2D eigenvalue weighted by atomic mass is 10.2. The molecule has 5 nitrogen and oxygen atoms in total. The molecule has 0 radical (unpaired) electrons. The van der Waals surface area contributed by atoms with E-state index in [1.54, 1.807) is 4.52 Å². The second-order valence-electron chi connectivity index (χ2n) is 4.98. The molecule has 1 fully saturated rings.